The van der Waals surface area contributed by atoms with Crippen LogP contribution in [-0.4, -0.2) is 15.9 Å². The summed E-state index contributed by atoms with van der Waals surface area (Å²) < 4.78 is 19.0. The van der Waals surface area contributed by atoms with Gasteiger partial charge in [-0.3, -0.25) is 4.79 Å². The van der Waals surface area contributed by atoms with Gasteiger partial charge in [-0.05, 0) is 43.0 Å². The van der Waals surface area contributed by atoms with Crippen LogP contribution in [-0.2, 0) is 4.74 Å². The zero-order valence-corrected chi connectivity index (χ0v) is 16.6. The lowest BCUT2D eigenvalue weighted by Gasteiger charge is -2.13. The first kappa shape index (κ1) is 18.5. The number of aromatic nitrogens is 2. The van der Waals surface area contributed by atoms with Gasteiger partial charge >= 0.3 is 5.97 Å². The number of fused-ring (bicyclic) bond motifs is 1. The smallest absolute Gasteiger partial charge is 0.338 e. The normalized spacial score (nSPS) is 12.2. The molecule has 4 aromatic rings. The van der Waals surface area contributed by atoms with Gasteiger partial charge < -0.3 is 9.72 Å². The summed E-state index contributed by atoms with van der Waals surface area (Å²) in [6.07, 6.45) is -0.791. The topological polar surface area (TPSA) is 72.0 Å². The molecule has 0 amide bonds. The third kappa shape index (κ3) is 3.36. The number of rotatable bonds is 4. The number of nitrogens with zero attached hydrogens (tertiary/aromatic N) is 1. The number of carbonyl (C=O) groups is 1. The molecule has 28 heavy (non-hydrogen) atoms. The van der Waals surface area contributed by atoms with E-state index < -0.39 is 17.9 Å². The molecule has 3 aromatic heterocycles. The van der Waals surface area contributed by atoms with E-state index in [1.807, 2.05) is 22.9 Å². The van der Waals surface area contributed by atoms with Gasteiger partial charge in [0.2, 0.25) is 0 Å². The van der Waals surface area contributed by atoms with Crippen molar-refractivity contribution in [3.8, 4) is 10.4 Å². The van der Waals surface area contributed by atoms with Crippen LogP contribution in [0.3, 0.4) is 0 Å². The van der Waals surface area contributed by atoms with Gasteiger partial charge in [-0.2, -0.15) is 0 Å². The molecule has 1 atom stereocenters. The lowest BCUT2D eigenvalue weighted by molar-refractivity contribution is 0.0319. The number of nitrogens with one attached hydrogen (secondary N) is 1. The summed E-state index contributed by atoms with van der Waals surface area (Å²) in [4.78, 5) is 33.7. The first-order chi connectivity index (χ1) is 13.4. The number of thiophene rings is 2. The van der Waals surface area contributed by atoms with Crippen LogP contribution in [0.5, 0.6) is 0 Å². The fraction of sp³-hybridized carbons (Fsp3) is 0.150. The Balaban J connectivity index is 1.63. The van der Waals surface area contributed by atoms with Crippen molar-refractivity contribution in [3.05, 3.63) is 74.2 Å². The fourth-order valence-corrected chi connectivity index (χ4v) is 4.54. The first-order valence-corrected chi connectivity index (χ1v) is 10.2. The number of aryl methyl sites for hydroxylation is 1. The maximum absolute atomic E-state index is 13.7. The molecule has 4 rings (SSSR count). The van der Waals surface area contributed by atoms with Crippen LogP contribution in [0.1, 0.15) is 34.8 Å². The molecule has 142 valence electrons. The molecular formula is C20H15FN2O3S2. The van der Waals surface area contributed by atoms with Crippen LogP contribution in [0.15, 0.2) is 45.9 Å². The number of aromatic amines is 1. The van der Waals surface area contributed by atoms with Crippen LogP contribution in [0.2, 0.25) is 0 Å². The Morgan fingerprint density at radius 3 is 2.82 bits per heavy atom. The summed E-state index contributed by atoms with van der Waals surface area (Å²) in [5.74, 6) is -0.910. The highest BCUT2D eigenvalue weighted by atomic mass is 32.1. The standard InChI is InChI=1S/C20H15FN2O3S2/c1-10-5-6-12(8-14(10)21)20(25)26-11(2)17-22-18(24)16-13(9-28-19(16)23-17)15-4-3-7-27-15/h3-9,11H,1-2H3,(H,22,23,24)/t11-/m1/s1. The van der Waals surface area contributed by atoms with Gasteiger partial charge in [0.05, 0.1) is 10.9 Å². The number of hydrogen-bond acceptors (Lipinski definition) is 6. The SMILES string of the molecule is Cc1ccc(C(=O)O[C@H](C)c2nc3scc(-c4cccs4)c3c(=O)[nH]2)cc1F. The molecule has 3 heterocycles. The van der Waals surface area contributed by atoms with Crippen molar-refractivity contribution in [2.24, 2.45) is 0 Å². The van der Waals surface area contributed by atoms with Gasteiger partial charge in [0.1, 0.15) is 10.6 Å². The van der Waals surface area contributed by atoms with Crippen molar-refractivity contribution in [1.82, 2.24) is 9.97 Å². The zero-order chi connectivity index (χ0) is 19.8. The average Bonchev–Trinajstić information content (AvgIpc) is 3.33. The van der Waals surface area contributed by atoms with Gasteiger partial charge in [-0.25, -0.2) is 14.2 Å². The molecule has 0 radical (unpaired) electrons. The van der Waals surface area contributed by atoms with E-state index in [1.54, 1.807) is 25.2 Å². The van der Waals surface area contributed by atoms with Gasteiger partial charge in [0.25, 0.3) is 5.56 Å². The van der Waals surface area contributed by atoms with Crippen molar-refractivity contribution in [3.63, 3.8) is 0 Å². The fourth-order valence-electron chi connectivity index (χ4n) is 2.78. The Labute approximate surface area is 167 Å². The van der Waals surface area contributed by atoms with E-state index in [2.05, 4.69) is 9.97 Å². The molecule has 0 fully saturated rings. The van der Waals surface area contributed by atoms with Gasteiger partial charge in [0, 0.05) is 15.8 Å². The number of benzene rings is 1. The second-order valence-corrected chi connectivity index (χ2v) is 8.08. The van der Waals surface area contributed by atoms with Crippen LogP contribution in [0, 0.1) is 12.7 Å². The monoisotopic (exact) mass is 414 g/mol. The number of ether oxygens (including phenoxy) is 1. The summed E-state index contributed by atoms with van der Waals surface area (Å²) in [6.45, 7) is 3.22. The highest BCUT2D eigenvalue weighted by Gasteiger charge is 2.20. The second kappa shape index (κ2) is 7.29. The molecule has 8 heteroatoms. The number of carbonyl (C=O) groups excluding carboxylic acids is 1. The third-order valence-electron chi connectivity index (χ3n) is 4.33. The van der Waals surface area contributed by atoms with E-state index in [-0.39, 0.29) is 16.9 Å². The Morgan fingerprint density at radius 1 is 1.29 bits per heavy atom. The van der Waals surface area contributed by atoms with Crippen molar-refractivity contribution < 1.29 is 13.9 Å². The van der Waals surface area contributed by atoms with E-state index in [0.29, 0.717) is 15.8 Å². The Hall–Kier alpha value is -2.84. The third-order valence-corrected chi connectivity index (χ3v) is 6.10. The summed E-state index contributed by atoms with van der Waals surface area (Å²) in [7, 11) is 0. The predicted octanol–water partition coefficient (Wildman–Crippen LogP) is 5.08. The Morgan fingerprint density at radius 2 is 2.11 bits per heavy atom. The molecule has 0 saturated heterocycles. The Kier molecular flexibility index (Phi) is 4.82. The lowest BCUT2D eigenvalue weighted by Crippen LogP contribution is -2.17. The number of esters is 1. The van der Waals surface area contributed by atoms with Gasteiger partial charge in [0.15, 0.2) is 11.9 Å². The minimum absolute atomic E-state index is 0.106. The van der Waals surface area contributed by atoms with Gasteiger partial charge in [-0.15, -0.1) is 22.7 Å². The predicted molar refractivity (Wildman–Crippen MR) is 109 cm³/mol. The summed E-state index contributed by atoms with van der Waals surface area (Å²) >= 11 is 2.91. The number of hydrogen-bond donors (Lipinski definition) is 1. The van der Waals surface area contributed by atoms with Crippen LogP contribution >= 0.6 is 22.7 Å². The first-order valence-electron chi connectivity index (χ1n) is 8.46. The van der Waals surface area contributed by atoms with Crippen LogP contribution in [0.25, 0.3) is 20.7 Å². The molecule has 1 aromatic carbocycles. The molecule has 0 aliphatic heterocycles. The minimum atomic E-state index is -0.791. The quantitative estimate of drug-likeness (QED) is 0.473. The molecule has 5 nitrogen and oxygen atoms in total. The maximum Gasteiger partial charge on any atom is 0.338 e. The molecule has 1 N–H and O–H groups in total. The highest BCUT2D eigenvalue weighted by molar-refractivity contribution is 7.18. The van der Waals surface area contributed by atoms with E-state index in [4.69, 9.17) is 4.74 Å². The van der Waals surface area contributed by atoms with E-state index in [0.717, 1.165) is 16.5 Å². The molecular weight excluding hydrogens is 399 g/mol. The van der Waals surface area contributed by atoms with Crippen molar-refractivity contribution >= 4 is 38.9 Å². The Bertz CT molecular complexity index is 1230. The molecule has 0 bridgehead atoms. The molecule has 0 unspecified atom stereocenters. The lowest BCUT2D eigenvalue weighted by atomic mass is 10.1. The van der Waals surface area contributed by atoms with Crippen molar-refractivity contribution in [1.29, 1.82) is 0 Å². The maximum atomic E-state index is 13.7. The summed E-state index contributed by atoms with van der Waals surface area (Å²) in [5.41, 5.74) is 1.11. The molecule has 0 aliphatic carbocycles. The van der Waals surface area contributed by atoms with Crippen LogP contribution in [0.4, 0.5) is 4.39 Å². The van der Waals surface area contributed by atoms with Gasteiger partial charge in [-0.1, -0.05) is 12.1 Å². The van der Waals surface area contributed by atoms with Crippen LogP contribution < -0.4 is 5.56 Å². The van der Waals surface area contributed by atoms with E-state index in [1.165, 1.54) is 23.5 Å². The number of H-pyrrole nitrogens is 1. The van der Waals surface area contributed by atoms with Crippen molar-refractivity contribution in [2.45, 2.75) is 20.0 Å². The largest absolute Gasteiger partial charge is 0.451 e. The minimum Gasteiger partial charge on any atom is -0.451 e. The summed E-state index contributed by atoms with van der Waals surface area (Å²) in [6, 6.07) is 8.02. The molecule has 0 aliphatic rings. The zero-order valence-electron chi connectivity index (χ0n) is 15.0. The molecule has 0 spiro atoms. The highest BCUT2D eigenvalue weighted by Crippen LogP contribution is 2.33. The van der Waals surface area contributed by atoms with E-state index in [9.17, 15) is 14.0 Å². The van der Waals surface area contributed by atoms with Crippen molar-refractivity contribution in [2.75, 3.05) is 0 Å². The summed E-state index contributed by atoms with van der Waals surface area (Å²) in [5, 5.41) is 4.37. The average molecular weight is 414 g/mol. The number of halogens is 1. The van der Waals surface area contributed by atoms with E-state index >= 15 is 0 Å². The molecule has 0 saturated carbocycles. The second-order valence-electron chi connectivity index (χ2n) is 6.27.